The van der Waals surface area contributed by atoms with Crippen LogP contribution < -0.4 is 0 Å². The number of pyridine rings is 1. The Bertz CT molecular complexity index is 507. The fourth-order valence-electron chi connectivity index (χ4n) is 1.26. The molecule has 0 aliphatic rings. The molecule has 78 valence electrons. The summed E-state index contributed by atoms with van der Waals surface area (Å²) in [6, 6.07) is 6.10. The minimum absolute atomic E-state index is 0.471. The van der Waals surface area contributed by atoms with Gasteiger partial charge >= 0.3 is 6.18 Å². The van der Waals surface area contributed by atoms with Crippen LogP contribution in [0.2, 0.25) is 0 Å². The molecule has 1 nitrogen and oxygen atoms in total. The number of halogens is 4. The molecule has 2 aromatic rings. The van der Waals surface area contributed by atoms with Gasteiger partial charge in [-0.25, -0.2) is 0 Å². The molecule has 0 saturated heterocycles. The van der Waals surface area contributed by atoms with Crippen molar-refractivity contribution < 1.29 is 13.2 Å². The van der Waals surface area contributed by atoms with Crippen LogP contribution in [0.5, 0.6) is 0 Å². The van der Waals surface area contributed by atoms with Crippen molar-refractivity contribution in [2.75, 3.05) is 0 Å². The third-order valence-electron chi connectivity index (χ3n) is 1.97. The average molecular weight is 276 g/mol. The Hall–Kier alpha value is -1.10. The predicted octanol–water partition coefficient (Wildman–Crippen LogP) is 4.02. The second-order valence-corrected chi connectivity index (χ2v) is 3.97. The molecule has 0 unspecified atom stereocenters. The van der Waals surface area contributed by atoms with Crippen molar-refractivity contribution in [2.45, 2.75) is 6.18 Å². The second-order valence-electron chi connectivity index (χ2n) is 3.06. The summed E-state index contributed by atoms with van der Waals surface area (Å²) in [4.78, 5) is 3.75. The first-order chi connectivity index (χ1) is 6.97. The molecule has 1 aromatic carbocycles. The zero-order valence-corrected chi connectivity index (χ0v) is 8.93. The molecule has 5 heteroatoms. The van der Waals surface area contributed by atoms with E-state index < -0.39 is 11.7 Å². The van der Waals surface area contributed by atoms with E-state index in [0.29, 0.717) is 10.9 Å². The van der Waals surface area contributed by atoms with Crippen molar-refractivity contribution >= 4 is 26.8 Å². The molecule has 0 aliphatic carbocycles. The largest absolute Gasteiger partial charge is 0.417 e. The van der Waals surface area contributed by atoms with Crippen molar-refractivity contribution in [3.8, 4) is 0 Å². The van der Waals surface area contributed by atoms with Gasteiger partial charge in [0, 0.05) is 16.1 Å². The minimum atomic E-state index is -4.34. The molecule has 15 heavy (non-hydrogen) atoms. The molecular weight excluding hydrogens is 271 g/mol. The summed E-state index contributed by atoms with van der Waals surface area (Å²) >= 11 is 3.20. The molecule has 1 aromatic heterocycles. The number of fused-ring (bicyclic) bond motifs is 1. The van der Waals surface area contributed by atoms with E-state index in [0.717, 1.165) is 16.7 Å². The van der Waals surface area contributed by atoms with Gasteiger partial charge in [0.05, 0.1) is 11.1 Å². The van der Waals surface area contributed by atoms with Crippen molar-refractivity contribution in [1.29, 1.82) is 0 Å². The Morgan fingerprint density at radius 3 is 2.53 bits per heavy atom. The monoisotopic (exact) mass is 275 g/mol. The molecule has 0 radical (unpaired) electrons. The van der Waals surface area contributed by atoms with Gasteiger partial charge in [0.2, 0.25) is 0 Å². The third kappa shape index (κ3) is 2.12. The van der Waals surface area contributed by atoms with Crippen molar-refractivity contribution in [3.63, 3.8) is 0 Å². The summed E-state index contributed by atoms with van der Waals surface area (Å²) in [5.74, 6) is 0. The van der Waals surface area contributed by atoms with Gasteiger partial charge in [-0.3, -0.25) is 4.98 Å². The number of aromatic nitrogens is 1. The SMILES string of the molecule is FC(F)(F)c1cnc2ccc(Br)cc2c1. The Kier molecular flexibility index (Phi) is 2.42. The van der Waals surface area contributed by atoms with Gasteiger partial charge in [-0.2, -0.15) is 13.2 Å². The maximum absolute atomic E-state index is 12.4. The molecule has 1 heterocycles. The van der Waals surface area contributed by atoms with Crippen molar-refractivity contribution in [2.24, 2.45) is 0 Å². The van der Waals surface area contributed by atoms with Gasteiger partial charge in [0.25, 0.3) is 0 Å². The predicted molar refractivity (Wildman–Crippen MR) is 54.4 cm³/mol. The maximum Gasteiger partial charge on any atom is 0.417 e. The van der Waals surface area contributed by atoms with Gasteiger partial charge in [-0.15, -0.1) is 0 Å². The van der Waals surface area contributed by atoms with Crippen molar-refractivity contribution in [3.05, 3.63) is 40.5 Å². The van der Waals surface area contributed by atoms with Crippen LogP contribution in [0.1, 0.15) is 5.56 Å². The van der Waals surface area contributed by atoms with Crippen LogP contribution in [-0.4, -0.2) is 4.98 Å². The van der Waals surface area contributed by atoms with Crippen LogP contribution in [0.3, 0.4) is 0 Å². The van der Waals surface area contributed by atoms with Crippen LogP contribution in [0.25, 0.3) is 10.9 Å². The number of hydrogen-bond acceptors (Lipinski definition) is 1. The number of alkyl halides is 3. The van der Waals surface area contributed by atoms with E-state index in [1.54, 1.807) is 18.2 Å². The molecule has 0 amide bonds. The molecule has 0 atom stereocenters. The quantitative estimate of drug-likeness (QED) is 0.708. The standard InChI is InChI=1S/C10H5BrF3N/c11-8-1-2-9-6(4-8)3-7(5-15-9)10(12,13)14/h1-5H. The van der Waals surface area contributed by atoms with E-state index in [1.165, 1.54) is 0 Å². The van der Waals surface area contributed by atoms with Crippen LogP contribution in [0.4, 0.5) is 13.2 Å². The Morgan fingerprint density at radius 2 is 1.87 bits per heavy atom. The van der Waals surface area contributed by atoms with Crippen molar-refractivity contribution in [1.82, 2.24) is 4.98 Å². The summed E-state index contributed by atoms with van der Waals surface area (Å²) in [7, 11) is 0. The van der Waals surface area contributed by atoms with Crippen LogP contribution in [0.15, 0.2) is 34.9 Å². The summed E-state index contributed by atoms with van der Waals surface area (Å²) in [5, 5.41) is 0.471. The van der Waals surface area contributed by atoms with Crippen LogP contribution in [0, 0.1) is 0 Å². The summed E-state index contributed by atoms with van der Waals surface area (Å²) in [6.45, 7) is 0. The van der Waals surface area contributed by atoms with E-state index in [-0.39, 0.29) is 0 Å². The molecule has 2 rings (SSSR count). The number of hydrogen-bond donors (Lipinski definition) is 0. The van der Waals surface area contributed by atoms with Gasteiger partial charge in [-0.1, -0.05) is 15.9 Å². The first kappa shape index (κ1) is 10.4. The van der Waals surface area contributed by atoms with Gasteiger partial charge in [0.15, 0.2) is 0 Å². The summed E-state index contributed by atoms with van der Waals surface area (Å²) in [6.07, 6.45) is -3.50. The fraction of sp³-hybridized carbons (Fsp3) is 0.100. The maximum atomic E-state index is 12.4. The first-order valence-electron chi connectivity index (χ1n) is 4.09. The normalized spacial score (nSPS) is 12.0. The highest BCUT2D eigenvalue weighted by Crippen LogP contribution is 2.30. The molecule has 0 aliphatic heterocycles. The Balaban J connectivity index is 2.64. The lowest BCUT2D eigenvalue weighted by molar-refractivity contribution is -0.137. The van der Waals surface area contributed by atoms with Crippen LogP contribution in [-0.2, 0) is 6.18 Å². The molecule has 0 N–H and O–H groups in total. The Labute approximate surface area is 92.1 Å². The lowest BCUT2D eigenvalue weighted by Crippen LogP contribution is -2.05. The number of rotatable bonds is 0. The molecule has 0 bridgehead atoms. The van der Waals surface area contributed by atoms with Gasteiger partial charge in [-0.05, 0) is 24.3 Å². The summed E-state index contributed by atoms with van der Waals surface area (Å²) in [5.41, 5.74) is -0.181. The van der Waals surface area contributed by atoms with E-state index in [1.807, 2.05) is 0 Å². The van der Waals surface area contributed by atoms with Gasteiger partial charge < -0.3 is 0 Å². The third-order valence-corrected chi connectivity index (χ3v) is 2.46. The molecular formula is C10H5BrF3N. The highest BCUT2D eigenvalue weighted by Gasteiger charge is 2.30. The zero-order chi connectivity index (χ0) is 11.1. The first-order valence-corrected chi connectivity index (χ1v) is 4.88. The molecule has 0 saturated carbocycles. The highest BCUT2D eigenvalue weighted by molar-refractivity contribution is 9.10. The smallest absolute Gasteiger partial charge is 0.256 e. The molecule has 0 fully saturated rings. The van der Waals surface area contributed by atoms with Gasteiger partial charge in [0.1, 0.15) is 0 Å². The Morgan fingerprint density at radius 1 is 1.13 bits per heavy atom. The highest BCUT2D eigenvalue weighted by atomic mass is 79.9. The number of benzene rings is 1. The van der Waals surface area contributed by atoms with E-state index >= 15 is 0 Å². The second kappa shape index (κ2) is 3.48. The van der Waals surface area contributed by atoms with E-state index in [9.17, 15) is 13.2 Å². The van der Waals surface area contributed by atoms with E-state index in [2.05, 4.69) is 20.9 Å². The molecule has 0 spiro atoms. The fourth-order valence-corrected chi connectivity index (χ4v) is 1.64. The average Bonchev–Trinajstić information content (AvgIpc) is 2.15. The number of nitrogens with zero attached hydrogens (tertiary/aromatic N) is 1. The minimum Gasteiger partial charge on any atom is -0.256 e. The summed E-state index contributed by atoms with van der Waals surface area (Å²) < 4.78 is 37.8. The van der Waals surface area contributed by atoms with Crippen LogP contribution >= 0.6 is 15.9 Å². The van der Waals surface area contributed by atoms with E-state index in [4.69, 9.17) is 0 Å². The topological polar surface area (TPSA) is 12.9 Å². The lowest BCUT2D eigenvalue weighted by Gasteiger charge is -2.06. The lowest BCUT2D eigenvalue weighted by atomic mass is 10.1. The zero-order valence-electron chi connectivity index (χ0n) is 7.35.